The molecule has 0 unspecified atom stereocenters. The van der Waals surface area contributed by atoms with Gasteiger partial charge in [0.15, 0.2) is 17.3 Å². The zero-order valence-electron chi connectivity index (χ0n) is 16.9. The number of amides is 2. The van der Waals surface area contributed by atoms with Crippen molar-refractivity contribution < 1.29 is 19.1 Å². The molecule has 0 saturated heterocycles. The third-order valence-corrected chi connectivity index (χ3v) is 5.46. The summed E-state index contributed by atoms with van der Waals surface area (Å²) in [5.74, 6) is 1.39. The summed E-state index contributed by atoms with van der Waals surface area (Å²) in [4.78, 5) is 32.0. The average Bonchev–Trinajstić information content (AvgIpc) is 3.37. The molecule has 0 aliphatic carbocycles. The quantitative estimate of drug-likeness (QED) is 0.807. The van der Waals surface area contributed by atoms with Gasteiger partial charge in [0.1, 0.15) is 5.69 Å². The lowest BCUT2D eigenvalue weighted by Crippen LogP contribution is -2.33. The number of carbonyl (C=O) groups excluding carboxylic acids is 2. The first-order valence-corrected chi connectivity index (χ1v) is 10.2. The van der Waals surface area contributed by atoms with E-state index in [1.165, 1.54) is 0 Å². The van der Waals surface area contributed by atoms with Gasteiger partial charge in [-0.05, 0) is 50.8 Å². The van der Waals surface area contributed by atoms with Gasteiger partial charge in [-0.3, -0.25) is 9.59 Å². The molecule has 0 bridgehead atoms. The van der Waals surface area contributed by atoms with Crippen molar-refractivity contribution >= 4 is 11.8 Å². The van der Waals surface area contributed by atoms with Crippen LogP contribution in [0.1, 0.15) is 59.1 Å². The van der Waals surface area contributed by atoms with Crippen molar-refractivity contribution in [3.8, 4) is 11.5 Å². The van der Waals surface area contributed by atoms with Crippen molar-refractivity contribution in [2.24, 2.45) is 0 Å². The molecule has 0 spiro atoms. The third kappa shape index (κ3) is 3.66. The van der Waals surface area contributed by atoms with Crippen LogP contribution < -0.4 is 14.8 Å². The lowest BCUT2D eigenvalue weighted by molar-refractivity contribution is 0.0754. The molecule has 4 rings (SSSR count). The van der Waals surface area contributed by atoms with Crippen LogP contribution in [-0.2, 0) is 19.5 Å². The van der Waals surface area contributed by atoms with Crippen LogP contribution in [-0.4, -0.2) is 46.1 Å². The summed E-state index contributed by atoms with van der Waals surface area (Å²) < 4.78 is 12.6. The number of imidazole rings is 1. The predicted octanol–water partition coefficient (Wildman–Crippen LogP) is 2.36. The number of aromatic nitrogens is 2. The van der Waals surface area contributed by atoms with E-state index in [1.54, 1.807) is 4.90 Å². The summed E-state index contributed by atoms with van der Waals surface area (Å²) in [5.41, 5.74) is 2.13. The second-order valence-electron chi connectivity index (χ2n) is 7.19. The fourth-order valence-corrected chi connectivity index (χ4v) is 3.86. The minimum atomic E-state index is -0.257. The molecule has 1 N–H and O–H groups in total. The van der Waals surface area contributed by atoms with Crippen LogP contribution in [0.3, 0.4) is 0 Å². The van der Waals surface area contributed by atoms with Gasteiger partial charge in [0.05, 0.1) is 5.69 Å². The molecule has 8 heteroatoms. The molecule has 154 valence electrons. The first-order chi connectivity index (χ1) is 14.1. The number of benzene rings is 1. The van der Waals surface area contributed by atoms with Crippen LogP contribution in [0.25, 0.3) is 0 Å². The number of rotatable bonds is 6. The Labute approximate surface area is 169 Å². The van der Waals surface area contributed by atoms with Crippen molar-refractivity contribution in [1.82, 2.24) is 19.8 Å². The Hall–Kier alpha value is -3.03. The van der Waals surface area contributed by atoms with E-state index >= 15 is 0 Å². The molecule has 1 aromatic heterocycles. The van der Waals surface area contributed by atoms with Gasteiger partial charge in [-0.25, -0.2) is 4.98 Å². The summed E-state index contributed by atoms with van der Waals surface area (Å²) in [5, 5.41) is 2.93. The number of ether oxygens (including phenoxy) is 2. The van der Waals surface area contributed by atoms with E-state index in [4.69, 9.17) is 9.47 Å². The molecule has 2 aliphatic heterocycles. The second-order valence-corrected chi connectivity index (χ2v) is 7.19. The summed E-state index contributed by atoms with van der Waals surface area (Å²) in [6.45, 7) is 6.41. The number of nitrogens with one attached hydrogen (secondary N) is 1. The van der Waals surface area contributed by atoms with E-state index in [0.717, 1.165) is 37.1 Å². The van der Waals surface area contributed by atoms with Crippen LogP contribution in [0.15, 0.2) is 18.2 Å². The van der Waals surface area contributed by atoms with Crippen molar-refractivity contribution in [2.45, 2.75) is 46.2 Å². The van der Waals surface area contributed by atoms with Gasteiger partial charge in [-0.2, -0.15) is 0 Å². The van der Waals surface area contributed by atoms with Gasteiger partial charge >= 0.3 is 0 Å². The first kappa shape index (κ1) is 19.3. The number of fused-ring (bicyclic) bond motifs is 2. The summed E-state index contributed by atoms with van der Waals surface area (Å²) in [6, 6.07) is 5.59. The Morgan fingerprint density at radius 3 is 2.76 bits per heavy atom. The lowest BCUT2D eigenvalue weighted by atomic mass is 10.1. The fraction of sp³-hybridized carbons (Fsp3) is 0.476. The Morgan fingerprint density at radius 1 is 1.17 bits per heavy atom. The van der Waals surface area contributed by atoms with E-state index in [2.05, 4.69) is 10.3 Å². The van der Waals surface area contributed by atoms with E-state index < -0.39 is 0 Å². The molecule has 0 atom stereocenters. The largest absolute Gasteiger partial charge is 0.454 e. The van der Waals surface area contributed by atoms with E-state index in [9.17, 15) is 9.59 Å². The van der Waals surface area contributed by atoms with Crippen LogP contribution in [0.5, 0.6) is 11.5 Å². The Morgan fingerprint density at radius 2 is 1.97 bits per heavy atom. The van der Waals surface area contributed by atoms with Gasteiger partial charge in [-0.1, -0.05) is 6.07 Å². The summed E-state index contributed by atoms with van der Waals surface area (Å²) in [6.07, 6.45) is 2.73. The van der Waals surface area contributed by atoms with Crippen LogP contribution in [0, 0.1) is 0 Å². The third-order valence-electron chi connectivity index (χ3n) is 5.46. The van der Waals surface area contributed by atoms with Crippen LogP contribution in [0.2, 0.25) is 0 Å². The molecule has 2 amide bonds. The molecule has 0 saturated carbocycles. The summed E-state index contributed by atoms with van der Waals surface area (Å²) >= 11 is 0. The predicted molar refractivity (Wildman–Crippen MR) is 106 cm³/mol. The van der Waals surface area contributed by atoms with Gasteiger partial charge < -0.3 is 24.3 Å². The highest BCUT2D eigenvalue weighted by molar-refractivity contribution is 5.97. The lowest BCUT2D eigenvalue weighted by Gasteiger charge is -2.21. The minimum absolute atomic E-state index is 0.118. The fourth-order valence-electron chi connectivity index (χ4n) is 3.86. The highest BCUT2D eigenvalue weighted by atomic mass is 16.7. The van der Waals surface area contributed by atoms with E-state index in [0.29, 0.717) is 42.7 Å². The van der Waals surface area contributed by atoms with Crippen LogP contribution in [0.4, 0.5) is 0 Å². The maximum atomic E-state index is 12.9. The molecule has 8 nitrogen and oxygen atoms in total. The number of hydrogen-bond acceptors (Lipinski definition) is 5. The second kappa shape index (κ2) is 8.14. The highest BCUT2D eigenvalue weighted by Gasteiger charge is 2.29. The molecule has 29 heavy (non-hydrogen) atoms. The van der Waals surface area contributed by atoms with Gasteiger partial charge in [-0.15, -0.1) is 0 Å². The Balaban J connectivity index is 1.54. The Kier molecular flexibility index (Phi) is 5.42. The molecule has 0 radical (unpaired) electrons. The zero-order valence-corrected chi connectivity index (χ0v) is 16.9. The van der Waals surface area contributed by atoms with E-state index in [-0.39, 0.29) is 18.6 Å². The maximum absolute atomic E-state index is 12.9. The number of carbonyl (C=O) groups is 2. The maximum Gasteiger partial charge on any atom is 0.289 e. The van der Waals surface area contributed by atoms with E-state index in [1.807, 2.05) is 36.6 Å². The number of nitrogens with zero attached hydrogens (tertiary/aromatic N) is 3. The molecule has 1 aromatic carbocycles. The first-order valence-electron chi connectivity index (χ1n) is 10.2. The summed E-state index contributed by atoms with van der Waals surface area (Å²) in [7, 11) is 0. The van der Waals surface area contributed by atoms with Gasteiger partial charge in [0, 0.05) is 26.2 Å². The SMILES string of the molecule is CCN(CC)C(=O)c1nc(C(=O)NCc2ccc3c(c2)OCO3)c2n1CCCC2. The molecule has 2 aliphatic rings. The normalized spacial score (nSPS) is 14.4. The van der Waals surface area contributed by atoms with Crippen molar-refractivity contribution in [3.05, 3.63) is 41.0 Å². The van der Waals surface area contributed by atoms with Gasteiger partial charge in [0.25, 0.3) is 11.8 Å². The monoisotopic (exact) mass is 398 g/mol. The van der Waals surface area contributed by atoms with Crippen molar-refractivity contribution in [2.75, 3.05) is 19.9 Å². The highest BCUT2D eigenvalue weighted by Crippen LogP contribution is 2.32. The molecule has 3 heterocycles. The molecular weight excluding hydrogens is 372 g/mol. The standard InChI is InChI=1S/C21H26N4O4/c1-3-24(4-2)21(27)19-23-18(15-7-5-6-10-25(15)19)20(26)22-12-14-8-9-16-17(11-14)29-13-28-16/h8-9,11H,3-7,10,12-13H2,1-2H3,(H,22,26). The Bertz CT molecular complexity index is 933. The minimum Gasteiger partial charge on any atom is -0.454 e. The molecule has 2 aromatic rings. The molecular formula is C21H26N4O4. The van der Waals surface area contributed by atoms with Crippen molar-refractivity contribution in [3.63, 3.8) is 0 Å². The zero-order chi connectivity index (χ0) is 20.4. The van der Waals surface area contributed by atoms with Crippen molar-refractivity contribution in [1.29, 1.82) is 0 Å². The topological polar surface area (TPSA) is 85.7 Å². The van der Waals surface area contributed by atoms with Crippen LogP contribution >= 0.6 is 0 Å². The average molecular weight is 398 g/mol. The van der Waals surface area contributed by atoms with Gasteiger partial charge in [0.2, 0.25) is 6.79 Å². The molecule has 0 fully saturated rings. The number of hydrogen-bond donors (Lipinski definition) is 1. The smallest absolute Gasteiger partial charge is 0.289 e.